The number of carbonyl (C=O) groups is 2. The van der Waals surface area contributed by atoms with E-state index in [9.17, 15) is 22.8 Å². The van der Waals surface area contributed by atoms with Crippen LogP contribution in [0.4, 0.5) is 18.9 Å². The van der Waals surface area contributed by atoms with E-state index in [4.69, 9.17) is 16.7 Å². The van der Waals surface area contributed by atoms with Crippen LogP contribution in [0.5, 0.6) is 0 Å². The number of hydrogen-bond donors (Lipinski definition) is 2. The maximum Gasteiger partial charge on any atom is 0.416 e. The van der Waals surface area contributed by atoms with Crippen LogP contribution in [0.25, 0.3) is 0 Å². The Morgan fingerprint density at radius 2 is 1.80 bits per heavy atom. The molecule has 0 aliphatic heterocycles. The third-order valence-electron chi connectivity index (χ3n) is 2.65. The summed E-state index contributed by atoms with van der Waals surface area (Å²) in [5.41, 5.74) is -2.77. The van der Waals surface area contributed by atoms with Gasteiger partial charge in [0.1, 0.15) is 5.41 Å². The first-order chi connectivity index (χ1) is 8.96. The van der Waals surface area contributed by atoms with Crippen LogP contribution in [0, 0.1) is 5.41 Å². The number of amides is 1. The molecule has 0 spiro atoms. The monoisotopic (exact) mass is 309 g/mol. The second kappa shape index (κ2) is 5.32. The van der Waals surface area contributed by atoms with E-state index in [0.717, 1.165) is 12.1 Å². The first-order valence-corrected chi connectivity index (χ1v) is 5.75. The van der Waals surface area contributed by atoms with Crippen LogP contribution < -0.4 is 5.32 Å². The number of anilines is 1. The average Bonchev–Trinajstić information content (AvgIpc) is 2.29. The predicted molar refractivity (Wildman–Crippen MR) is 66.5 cm³/mol. The van der Waals surface area contributed by atoms with Crippen molar-refractivity contribution in [1.82, 2.24) is 0 Å². The molecule has 1 rings (SSSR count). The zero-order valence-electron chi connectivity index (χ0n) is 10.5. The normalized spacial score (nSPS) is 12.1. The number of hydrogen-bond acceptors (Lipinski definition) is 2. The molecule has 0 fully saturated rings. The number of nitrogens with one attached hydrogen (secondary N) is 1. The van der Waals surface area contributed by atoms with Gasteiger partial charge < -0.3 is 10.4 Å². The molecule has 0 radical (unpaired) electrons. The molecule has 1 amide bonds. The lowest BCUT2D eigenvalue weighted by atomic mass is 9.92. The van der Waals surface area contributed by atoms with Gasteiger partial charge in [0, 0.05) is 0 Å². The molecule has 0 atom stereocenters. The summed E-state index contributed by atoms with van der Waals surface area (Å²) in [6, 6.07) is 2.38. The van der Waals surface area contributed by atoms with E-state index in [1.807, 2.05) is 0 Å². The van der Waals surface area contributed by atoms with Gasteiger partial charge in [0.15, 0.2) is 0 Å². The van der Waals surface area contributed by atoms with Gasteiger partial charge in [-0.05, 0) is 32.0 Å². The van der Waals surface area contributed by atoms with Gasteiger partial charge in [0.05, 0.1) is 16.3 Å². The minimum atomic E-state index is -4.55. The fraction of sp³-hybridized carbons (Fsp3) is 0.333. The molecule has 0 saturated heterocycles. The molecule has 0 unspecified atom stereocenters. The summed E-state index contributed by atoms with van der Waals surface area (Å²) >= 11 is 5.65. The summed E-state index contributed by atoms with van der Waals surface area (Å²) in [4.78, 5) is 22.6. The summed E-state index contributed by atoms with van der Waals surface area (Å²) < 4.78 is 37.3. The van der Waals surface area contributed by atoms with Crippen LogP contribution in [-0.2, 0) is 15.8 Å². The van der Waals surface area contributed by atoms with E-state index < -0.39 is 29.0 Å². The number of alkyl halides is 3. The number of carboxylic acids is 1. The Labute approximate surface area is 117 Å². The van der Waals surface area contributed by atoms with Crippen molar-refractivity contribution in [3.63, 3.8) is 0 Å². The van der Waals surface area contributed by atoms with Crippen molar-refractivity contribution in [3.8, 4) is 0 Å². The van der Waals surface area contributed by atoms with E-state index in [0.29, 0.717) is 6.07 Å². The number of rotatable bonds is 3. The third-order valence-corrected chi connectivity index (χ3v) is 2.96. The third kappa shape index (κ3) is 3.41. The Balaban J connectivity index is 3.01. The van der Waals surface area contributed by atoms with Crippen LogP contribution in [-0.4, -0.2) is 17.0 Å². The lowest BCUT2D eigenvalue weighted by Crippen LogP contribution is -2.37. The van der Waals surface area contributed by atoms with Crippen molar-refractivity contribution in [2.75, 3.05) is 5.32 Å². The van der Waals surface area contributed by atoms with Gasteiger partial charge in [-0.3, -0.25) is 9.59 Å². The number of aliphatic carboxylic acids is 1. The van der Waals surface area contributed by atoms with Gasteiger partial charge >= 0.3 is 12.1 Å². The number of benzene rings is 1. The Hall–Kier alpha value is -1.76. The molecule has 0 saturated carbocycles. The van der Waals surface area contributed by atoms with Crippen molar-refractivity contribution in [2.24, 2.45) is 5.41 Å². The van der Waals surface area contributed by atoms with E-state index in [-0.39, 0.29) is 10.7 Å². The van der Waals surface area contributed by atoms with E-state index >= 15 is 0 Å². The summed E-state index contributed by atoms with van der Waals surface area (Å²) in [5.74, 6) is -2.25. The Morgan fingerprint density at radius 3 is 2.20 bits per heavy atom. The van der Waals surface area contributed by atoms with Gasteiger partial charge in [-0.25, -0.2) is 0 Å². The maximum absolute atomic E-state index is 12.4. The lowest BCUT2D eigenvalue weighted by Gasteiger charge is -2.19. The highest BCUT2D eigenvalue weighted by Gasteiger charge is 2.36. The average molecular weight is 310 g/mol. The van der Waals surface area contributed by atoms with Crippen LogP contribution in [0.3, 0.4) is 0 Å². The second-order valence-corrected chi connectivity index (χ2v) is 4.98. The summed E-state index contributed by atoms with van der Waals surface area (Å²) in [6.07, 6.45) is -4.55. The van der Waals surface area contributed by atoms with Gasteiger partial charge in [-0.15, -0.1) is 0 Å². The van der Waals surface area contributed by atoms with Crippen molar-refractivity contribution in [2.45, 2.75) is 20.0 Å². The predicted octanol–water partition coefficient (Wildman–Crippen LogP) is 3.41. The van der Waals surface area contributed by atoms with Gasteiger partial charge in [0.2, 0.25) is 5.91 Å². The lowest BCUT2D eigenvalue weighted by molar-refractivity contribution is -0.151. The van der Waals surface area contributed by atoms with Crippen LogP contribution in [0.15, 0.2) is 18.2 Å². The van der Waals surface area contributed by atoms with Crippen LogP contribution in [0.2, 0.25) is 5.02 Å². The molecule has 0 bridgehead atoms. The fourth-order valence-electron chi connectivity index (χ4n) is 1.17. The molecule has 0 aromatic heterocycles. The molecule has 0 aliphatic carbocycles. The molecule has 1 aromatic rings. The van der Waals surface area contributed by atoms with E-state index in [2.05, 4.69) is 5.32 Å². The second-order valence-electron chi connectivity index (χ2n) is 4.58. The summed E-state index contributed by atoms with van der Waals surface area (Å²) in [5, 5.41) is 10.7. The zero-order valence-corrected chi connectivity index (χ0v) is 11.3. The molecular weight excluding hydrogens is 299 g/mol. The van der Waals surface area contributed by atoms with Crippen LogP contribution >= 0.6 is 11.6 Å². The van der Waals surface area contributed by atoms with Gasteiger partial charge in [-0.1, -0.05) is 11.6 Å². The topological polar surface area (TPSA) is 66.4 Å². The highest BCUT2D eigenvalue weighted by molar-refractivity contribution is 6.34. The summed E-state index contributed by atoms with van der Waals surface area (Å²) in [7, 11) is 0. The highest BCUT2D eigenvalue weighted by Crippen LogP contribution is 2.34. The quantitative estimate of drug-likeness (QED) is 0.841. The molecule has 1 aromatic carbocycles. The molecule has 4 nitrogen and oxygen atoms in total. The molecular formula is C12H11ClF3NO3. The Kier molecular flexibility index (Phi) is 4.33. The van der Waals surface area contributed by atoms with Crippen molar-refractivity contribution in [3.05, 3.63) is 28.8 Å². The molecule has 8 heteroatoms. The zero-order chi connectivity index (χ0) is 15.7. The summed E-state index contributed by atoms with van der Waals surface area (Å²) in [6.45, 7) is 2.34. The van der Waals surface area contributed by atoms with Crippen molar-refractivity contribution in [1.29, 1.82) is 0 Å². The van der Waals surface area contributed by atoms with Crippen LogP contribution in [0.1, 0.15) is 19.4 Å². The largest absolute Gasteiger partial charge is 0.480 e. The molecule has 0 aliphatic rings. The molecule has 20 heavy (non-hydrogen) atoms. The number of halogens is 4. The minimum absolute atomic E-state index is 0.0843. The standard InChI is InChI=1S/C12H11ClF3NO3/c1-11(2,10(19)20)9(18)17-8-4-3-6(5-7(8)13)12(14,15)16/h3-5H,1-2H3,(H,17,18)(H,19,20). The smallest absolute Gasteiger partial charge is 0.416 e. The van der Waals surface area contributed by atoms with Gasteiger partial charge in [0.25, 0.3) is 0 Å². The Bertz CT molecular complexity index is 555. The molecule has 2 N–H and O–H groups in total. The fourth-order valence-corrected chi connectivity index (χ4v) is 1.40. The number of carboxylic acid groups (broad SMARTS) is 1. The van der Waals surface area contributed by atoms with E-state index in [1.165, 1.54) is 13.8 Å². The first-order valence-electron chi connectivity index (χ1n) is 5.38. The number of carbonyl (C=O) groups excluding carboxylic acids is 1. The molecule has 0 heterocycles. The Morgan fingerprint density at radius 1 is 1.25 bits per heavy atom. The van der Waals surface area contributed by atoms with Crippen molar-refractivity contribution >= 4 is 29.2 Å². The van der Waals surface area contributed by atoms with Crippen molar-refractivity contribution < 1.29 is 27.9 Å². The SMILES string of the molecule is CC(C)(C(=O)O)C(=O)Nc1ccc(C(F)(F)F)cc1Cl. The molecule has 110 valence electrons. The first kappa shape index (κ1) is 16.3. The van der Waals surface area contributed by atoms with E-state index in [1.54, 1.807) is 0 Å². The highest BCUT2D eigenvalue weighted by atomic mass is 35.5. The van der Waals surface area contributed by atoms with Gasteiger partial charge in [-0.2, -0.15) is 13.2 Å². The maximum atomic E-state index is 12.4. The minimum Gasteiger partial charge on any atom is -0.480 e.